The van der Waals surface area contributed by atoms with Gasteiger partial charge in [-0.2, -0.15) is 5.10 Å². The third-order valence-electron chi connectivity index (χ3n) is 2.83. The van der Waals surface area contributed by atoms with E-state index >= 15 is 0 Å². The molecule has 1 aromatic heterocycles. The van der Waals surface area contributed by atoms with Crippen LogP contribution in [0.4, 0.5) is 10.5 Å². The molecule has 0 saturated heterocycles. The fraction of sp³-hybridized carbons (Fsp3) is 0.571. The van der Waals surface area contributed by atoms with E-state index in [1.54, 1.807) is 31.1 Å². The third-order valence-corrected chi connectivity index (χ3v) is 2.83. The summed E-state index contributed by atoms with van der Waals surface area (Å²) >= 11 is 0. The van der Waals surface area contributed by atoms with Crippen molar-refractivity contribution < 1.29 is 14.3 Å². The second-order valence-corrected chi connectivity index (χ2v) is 4.83. The first-order valence-corrected chi connectivity index (χ1v) is 6.38. The molecule has 6 heteroatoms. The Morgan fingerprint density at radius 3 is 2.95 bits per heavy atom. The first-order chi connectivity index (χ1) is 9.46. The number of nitrogens with zero attached hydrogens (tertiary/aromatic N) is 2. The van der Waals surface area contributed by atoms with Crippen molar-refractivity contribution in [3.8, 4) is 11.8 Å². The highest BCUT2D eigenvalue weighted by Gasteiger charge is 2.16. The number of aromatic nitrogens is 2. The number of aryl methyl sites for hydroxylation is 1. The quantitative estimate of drug-likeness (QED) is 0.811. The minimum absolute atomic E-state index is 0.0818. The van der Waals surface area contributed by atoms with Crippen LogP contribution in [0.5, 0.6) is 0 Å². The molecule has 0 atom stereocenters. The van der Waals surface area contributed by atoms with Gasteiger partial charge in [0.25, 0.3) is 0 Å². The molecule has 1 aromatic rings. The van der Waals surface area contributed by atoms with Crippen LogP contribution in [0.2, 0.25) is 0 Å². The molecule has 0 radical (unpaired) electrons. The van der Waals surface area contributed by atoms with E-state index in [2.05, 4.69) is 22.3 Å². The molecule has 0 aliphatic carbocycles. The molecule has 1 rings (SSSR count). The summed E-state index contributed by atoms with van der Waals surface area (Å²) in [6.07, 6.45) is 3.61. The van der Waals surface area contributed by atoms with E-state index in [0.717, 1.165) is 6.42 Å². The summed E-state index contributed by atoms with van der Waals surface area (Å²) in [5, 5.41) is 6.75. The van der Waals surface area contributed by atoms with Crippen molar-refractivity contribution >= 4 is 11.8 Å². The molecular formula is C14H21N3O3. The number of amides is 1. The number of anilines is 1. The maximum atomic E-state index is 11.4. The van der Waals surface area contributed by atoms with Gasteiger partial charge in [-0.1, -0.05) is 5.92 Å². The summed E-state index contributed by atoms with van der Waals surface area (Å²) in [6, 6.07) is 0. The van der Waals surface area contributed by atoms with E-state index < -0.39 is 6.09 Å². The van der Waals surface area contributed by atoms with Crippen LogP contribution in [-0.4, -0.2) is 35.2 Å². The molecule has 0 aliphatic heterocycles. The fourth-order valence-electron chi connectivity index (χ4n) is 1.36. The number of hydrogen-bond acceptors (Lipinski definition) is 4. The van der Waals surface area contributed by atoms with Gasteiger partial charge in [-0.05, 0) is 27.2 Å². The van der Waals surface area contributed by atoms with Crippen LogP contribution in [-0.2, 0) is 16.0 Å². The van der Waals surface area contributed by atoms with Crippen LogP contribution in [0, 0.1) is 11.8 Å². The van der Waals surface area contributed by atoms with Gasteiger partial charge < -0.3 is 9.47 Å². The van der Waals surface area contributed by atoms with Gasteiger partial charge in [-0.3, -0.25) is 10.00 Å². The highest BCUT2D eigenvalue weighted by molar-refractivity contribution is 5.84. The smallest absolute Gasteiger partial charge is 0.412 e. The minimum Gasteiger partial charge on any atom is -0.436 e. The van der Waals surface area contributed by atoms with Crippen molar-refractivity contribution in [2.45, 2.75) is 39.3 Å². The van der Waals surface area contributed by atoms with E-state index in [1.807, 2.05) is 13.8 Å². The largest absolute Gasteiger partial charge is 0.436 e. The van der Waals surface area contributed by atoms with Crippen LogP contribution in [0.3, 0.4) is 0 Å². The minimum atomic E-state index is -0.537. The van der Waals surface area contributed by atoms with Crippen molar-refractivity contribution in [1.29, 1.82) is 0 Å². The predicted octanol–water partition coefficient (Wildman–Crippen LogP) is 2.27. The van der Waals surface area contributed by atoms with Gasteiger partial charge >= 0.3 is 6.09 Å². The summed E-state index contributed by atoms with van der Waals surface area (Å²) < 4.78 is 11.9. The number of hydrogen-bond donors (Lipinski definition) is 1. The molecule has 0 unspecified atom stereocenters. The average molecular weight is 279 g/mol. The standard InChI is InChI=1S/C14H21N3O3/c1-5-6-9-20-13(18)16-12-10-15-17(11-12)8-7-14(2,3)19-4/h10-11H,7-9H2,1-4H3,(H,16,18). The van der Waals surface area contributed by atoms with Crippen molar-refractivity contribution in [3.63, 3.8) is 0 Å². The normalized spacial score (nSPS) is 10.6. The summed E-state index contributed by atoms with van der Waals surface area (Å²) in [5.74, 6) is 5.29. The zero-order valence-corrected chi connectivity index (χ0v) is 12.4. The van der Waals surface area contributed by atoms with Crippen molar-refractivity contribution in [3.05, 3.63) is 12.4 Å². The Kier molecular flexibility index (Phi) is 6.07. The van der Waals surface area contributed by atoms with E-state index in [9.17, 15) is 4.79 Å². The second kappa shape index (κ2) is 7.56. The molecule has 110 valence electrons. The van der Waals surface area contributed by atoms with E-state index in [0.29, 0.717) is 12.2 Å². The summed E-state index contributed by atoms with van der Waals surface area (Å²) in [4.78, 5) is 11.4. The monoisotopic (exact) mass is 279 g/mol. The molecule has 0 bridgehead atoms. The van der Waals surface area contributed by atoms with Gasteiger partial charge in [0, 0.05) is 19.9 Å². The lowest BCUT2D eigenvalue weighted by Gasteiger charge is -2.22. The first kappa shape index (κ1) is 16.1. The lowest BCUT2D eigenvalue weighted by molar-refractivity contribution is 0.0113. The van der Waals surface area contributed by atoms with Crippen LogP contribution >= 0.6 is 0 Å². The maximum absolute atomic E-state index is 11.4. The SMILES string of the molecule is CC#CCOC(=O)Nc1cnn(CCC(C)(C)OC)c1. The van der Waals surface area contributed by atoms with Gasteiger partial charge in [0.2, 0.25) is 0 Å². The predicted molar refractivity (Wildman–Crippen MR) is 76.4 cm³/mol. The highest BCUT2D eigenvalue weighted by atomic mass is 16.5. The highest BCUT2D eigenvalue weighted by Crippen LogP contribution is 2.14. The van der Waals surface area contributed by atoms with Crippen LogP contribution in [0.15, 0.2) is 12.4 Å². The molecule has 0 aliphatic rings. The van der Waals surface area contributed by atoms with E-state index in [-0.39, 0.29) is 12.2 Å². The molecule has 0 saturated carbocycles. The van der Waals surface area contributed by atoms with Crippen molar-refractivity contribution in [2.24, 2.45) is 0 Å². The van der Waals surface area contributed by atoms with Crippen molar-refractivity contribution in [2.75, 3.05) is 19.0 Å². The Balaban J connectivity index is 2.42. The number of methoxy groups -OCH3 is 1. The second-order valence-electron chi connectivity index (χ2n) is 4.83. The third kappa shape index (κ3) is 5.76. The summed E-state index contributed by atoms with van der Waals surface area (Å²) in [6.45, 7) is 6.51. The summed E-state index contributed by atoms with van der Waals surface area (Å²) in [5.41, 5.74) is 0.395. The molecule has 0 aromatic carbocycles. The maximum Gasteiger partial charge on any atom is 0.412 e. The molecule has 0 spiro atoms. The average Bonchev–Trinajstić information content (AvgIpc) is 2.84. The molecule has 1 heterocycles. The van der Waals surface area contributed by atoms with Gasteiger partial charge in [-0.15, -0.1) is 5.92 Å². The number of carbonyl (C=O) groups is 1. The van der Waals surface area contributed by atoms with E-state index in [4.69, 9.17) is 9.47 Å². The van der Waals surface area contributed by atoms with Crippen LogP contribution in [0.25, 0.3) is 0 Å². The van der Waals surface area contributed by atoms with Gasteiger partial charge in [0.1, 0.15) is 0 Å². The first-order valence-electron chi connectivity index (χ1n) is 6.38. The zero-order chi connectivity index (χ0) is 15.0. The zero-order valence-electron chi connectivity index (χ0n) is 12.4. The lowest BCUT2D eigenvalue weighted by Crippen LogP contribution is -2.24. The summed E-state index contributed by atoms with van der Waals surface area (Å²) in [7, 11) is 1.69. The molecule has 1 N–H and O–H groups in total. The molecule has 6 nitrogen and oxygen atoms in total. The Morgan fingerprint density at radius 2 is 2.30 bits per heavy atom. The van der Waals surface area contributed by atoms with Gasteiger partial charge in [0.15, 0.2) is 6.61 Å². The Bertz CT molecular complexity index is 497. The molecule has 0 fully saturated rings. The number of nitrogens with one attached hydrogen (secondary N) is 1. The van der Waals surface area contributed by atoms with E-state index in [1.165, 1.54) is 0 Å². The topological polar surface area (TPSA) is 65.4 Å². The van der Waals surface area contributed by atoms with Crippen LogP contribution < -0.4 is 5.32 Å². The lowest BCUT2D eigenvalue weighted by atomic mass is 10.1. The molecular weight excluding hydrogens is 258 g/mol. The number of carbonyl (C=O) groups excluding carboxylic acids is 1. The van der Waals surface area contributed by atoms with Gasteiger partial charge in [0.05, 0.1) is 17.5 Å². The molecule has 1 amide bonds. The van der Waals surface area contributed by atoms with Gasteiger partial charge in [-0.25, -0.2) is 4.79 Å². The number of ether oxygens (including phenoxy) is 2. The fourth-order valence-corrected chi connectivity index (χ4v) is 1.36. The van der Waals surface area contributed by atoms with Crippen molar-refractivity contribution in [1.82, 2.24) is 9.78 Å². The number of rotatable bonds is 6. The Hall–Kier alpha value is -2.00. The molecule has 20 heavy (non-hydrogen) atoms. The van der Waals surface area contributed by atoms with Crippen LogP contribution in [0.1, 0.15) is 27.2 Å². The Morgan fingerprint density at radius 1 is 1.55 bits per heavy atom. The Labute approximate surface area is 119 Å².